The fourth-order valence-electron chi connectivity index (χ4n) is 1.67. The zero-order valence-electron chi connectivity index (χ0n) is 10.7. The molecule has 0 fully saturated rings. The van der Waals surface area contributed by atoms with Crippen LogP contribution in [0.1, 0.15) is 21.5 Å². The van der Waals surface area contributed by atoms with Crippen LogP contribution in [0, 0.1) is 13.8 Å². The minimum Gasteiger partial charge on any atom is -0.508 e. The van der Waals surface area contributed by atoms with Crippen molar-refractivity contribution in [3.05, 3.63) is 57.6 Å². The number of carbonyl (C=O) groups excluding carboxylic acids is 1. The van der Waals surface area contributed by atoms with Gasteiger partial charge in [0.05, 0.1) is 5.69 Å². The van der Waals surface area contributed by atoms with Crippen LogP contribution < -0.4 is 5.32 Å². The number of halogens is 1. The number of anilines is 1. The van der Waals surface area contributed by atoms with Gasteiger partial charge in [-0.1, -0.05) is 12.1 Å². The van der Waals surface area contributed by atoms with Crippen LogP contribution in [0.15, 0.2) is 40.9 Å². The lowest BCUT2D eigenvalue weighted by Crippen LogP contribution is -2.12. The molecule has 0 spiro atoms. The number of hydrogen-bond acceptors (Lipinski definition) is 2. The van der Waals surface area contributed by atoms with E-state index < -0.39 is 0 Å². The molecule has 0 saturated carbocycles. The van der Waals surface area contributed by atoms with Gasteiger partial charge in [0, 0.05) is 10.0 Å². The predicted octanol–water partition coefficient (Wildman–Crippen LogP) is 4.02. The van der Waals surface area contributed by atoms with Gasteiger partial charge < -0.3 is 10.4 Å². The van der Waals surface area contributed by atoms with E-state index in [1.807, 2.05) is 25.1 Å². The maximum Gasteiger partial charge on any atom is 0.255 e. The quantitative estimate of drug-likeness (QED) is 0.878. The Kier molecular flexibility index (Phi) is 3.90. The van der Waals surface area contributed by atoms with Gasteiger partial charge >= 0.3 is 0 Å². The molecule has 0 bridgehead atoms. The highest BCUT2D eigenvalue weighted by molar-refractivity contribution is 9.10. The number of hydrogen-bond donors (Lipinski definition) is 2. The molecule has 0 saturated heterocycles. The van der Waals surface area contributed by atoms with E-state index in [2.05, 4.69) is 21.2 Å². The lowest BCUT2D eigenvalue weighted by molar-refractivity contribution is 0.102. The number of amides is 1. The van der Waals surface area contributed by atoms with Crippen molar-refractivity contribution in [2.24, 2.45) is 0 Å². The molecule has 2 N–H and O–H groups in total. The van der Waals surface area contributed by atoms with Gasteiger partial charge in [0.15, 0.2) is 0 Å². The van der Waals surface area contributed by atoms with Gasteiger partial charge in [0.2, 0.25) is 0 Å². The van der Waals surface area contributed by atoms with Crippen LogP contribution in [-0.4, -0.2) is 11.0 Å². The van der Waals surface area contributed by atoms with Crippen LogP contribution in [-0.2, 0) is 0 Å². The normalized spacial score (nSPS) is 10.3. The number of phenols is 1. The third-order valence-corrected chi connectivity index (χ3v) is 3.50. The van der Waals surface area contributed by atoms with Crippen molar-refractivity contribution < 1.29 is 9.90 Å². The molecule has 0 aliphatic rings. The summed E-state index contributed by atoms with van der Waals surface area (Å²) in [6.45, 7) is 3.77. The number of carbonyl (C=O) groups is 1. The summed E-state index contributed by atoms with van der Waals surface area (Å²) in [6, 6.07) is 10.6. The van der Waals surface area contributed by atoms with Gasteiger partial charge in [0.25, 0.3) is 5.91 Å². The molecule has 0 aliphatic carbocycles. The first-order chi connectivity index (χ1) is 8.97. The molecular weight excluding hydrogens is 306 g/mol. The van der Waals surface area contributed by atoms with E-state index in [1.54, 1.807) is 19.1 Å². The number of rotatable bonds is 2. The molecular formula is C15H14BrNO2. The minimum atomic E-state index is -0.250. The van der Waals surface area contributed by atoms with Gasteiger partial charge in [-0.05, 0) is 65.2 Å². The first kappa shape index (κ1) is 13.6. The second-order valence-corrected chi connectivity index (χ2v) is 5.29. The maximum atomic E-state index is 12.1. The smallest absolute Gasteiger partial charge is 0.255 e. The van der Waals surface area contributed by atoms with Crippen LogP contribution in [0.5, 0.6) is 5.75 Å². The molecule has 0 heterocycles. The molecule has 3 nitrogen and oxygen atoms in total. The Balaban J connectivity index is 2.23. The molecule has 0 aliphatic heterocycles. The summed E-state index contributed by atoms with van der Waals surface area (Å²) in [5.74, 6) is -0.129. The molecule has 2 aromatic rings. The van der Waals surface area contributed by atoms with Gasteiger partial charge in [-0.25, -0.2) is 0 Å². The van der Waals surface area contributed by atoms with Crippen LogP contribution in [0.25, 0.3) is 0 Å². The average molecular weight is 320 g/mol. The molecule has 0 radical (unpaired) electrons. The summed E-state index contributed by atoms with van der Waals surface area (Å²) >= 11 is 3.41. The Labute approximate surface area is 120 Å². The van der Waals surface area contributed by atoms with Crippen LogP contribution >= 0.6 is 15.9 Å². The number of benzene rings is 2. The highest BCUT2D eigenvalue weighted by atomic mass is 79.9. The Morgan fingerprint density at radius 3 is 2.53 bits per heavy atom. The van der Waals surface area contributed by atoms with Gasteiger partial charge in [-0.2, -0.15) is 0 Å². The molecule has 19 heavy (non-hydrogen) atoms. The van der Waals surface area contributed by atoms with Crippen molar-refractivity contribution in [3.63, 3.8) is 0 Å². The van der Waals surface area contributed by atoms with Gasteiger partial charge in [-0.15, -0.1) is 0 Å². The molecule has 0 atom stereocenters. The van der Waals surface area contributed by atoms with E-state index in [9.17, 15) is 9.90 Å². The van der Waals surface area contributed by atoms with Crippen molar-refractivity contribution in [2.75, 3.05) is 5.32 Å². The van der Waals surface area contributed by atoms with E-state index in [1.165, 1.54) is 6.07 Å². The highest BCUT2D eigenvalue weighted by Crippen LogP contribution is 2.24. The highest BCUT2D eigenvalue weighted by Gasteiger charge is 2.09. The molecule has 4 heteroatoms. The molecule has 0 unspecified atom stereocenters. The summed E-state index contributed by atoms with van der Waals surface area (Å²) in [6.07, 6.45) is 0. The molecule has 98 valence electrons. The standard InChI is InChI=1S/C15H14BrNO2/c1-9-3-6-13(12(16)7-9)17-15(19)11-5-4-10(2)14(18)8-11/h3-8,18H,1-2H3,(H,17,19). The molecule has 2 aromatic carbocycles. The number of aryl methyl sites for hydroxylation is 2. The molecule has 1 amide bonds. The van der Waals surface area contributed by atoms with E-state index in [0.29, 0.717) is 11.3 Å². The summed E-state index contributed by atoms with van der Waals surface area (Å²) in [5.41, 5.74) is 2.98. The van der Waals surface area contributed by atoms with Crippen LogP contribution in [0.3, 0.4) is 0 Å². The second-order valence-electron chi connectivity index (χ2n) is 4.44. The van der Waals surface area contributed by atoms with Crippen molar-refractivity contribution in [2.45, 2.75) is 13.8 Å². The Bertz CT molecular complexity index is 638. The van der Waals surface area contributed by atoms with Crippen molar-refractivity contribution in [3.8, 4) is 5.75 Å². The lowest BCUT2D eigenvalue weighted by Gasteiger charge is -2.09. The van der Waals surface area contributed by atoms with E-state index in [-0.39, 0.29) is 11.7 Å². The Morgan fingerprint density at radius 1 is 1.16 bits per heavy atom. The summed E-state index contributed by atoms with van der Waals surface area (Å²) in [4.78, 5) is 12.1. The van der Waals surface area contributed by atoms with E-state index >= 15 is 0 Å². The first-order valence-corrected chi connectivity index (χ1v) is 6.64. The summed E-state index contributed by atoms with van der Waals surface area (Å²) in [5, 5.41) is 12.4. The largest absolute Gasteiger partial charge is 0.508 e. The van der Waals surface area contributed by atoms with Gasteiger partial charge in [0.1, 0.15) is 5.75 Å². The Hall–Kier alpha value is -1.81. The van der Waals surface area contributed by atoms with Crippen molar-refractivity contribution >= 4 is 27.5 Å². The zero-order valence-corrected chi connectivity index (χ0v) is 12.3. The molecule has 0 aromatic heterocycles. The lowest BCUT2D eigenvalue weighted by atomic mass is 10.1. The van der Waals surface area contributed by atoms with Gasteiger partial charge in [-0.3, -0.25) is 4.79 Å². The maximum absolute atomic E-state index is 12.1. The minimum absolute atomic E-state index is 0.121. The number of nitrogens with one attached hydrogen (secondary N) is 1. The second kappa shape index (κ2) is 5.45. The SMILES string of the molecule is Cc1ccc(NC(=O)c2ccc(C)c(O)c2)c(Br)c1. The zero-order chi connectivity index (χ0) is 14.0. The van der Waals surface area contributed by atoms with Crippen molar-refractivity contribution in [1.82, 2.24) is 0 Å². The third kappa shape index (κ3) is 3.15. The fourth-order valence-corrected chi connectivity index (χ4v) is 2.26. The average Bonchev–Trinajstić information content (AvgIpc) is 2.36. The molecule has 2 rings (SSSR count). The first-order valence-electron chi connectivity index (χ1n) is 5.84. The number of phenolic OH excluding ortho intramolecular Hbond substituents is 1. The van der Waals surface area contributed by atoms with Crippen LogP contribution in [0.4, 0.5) is 5.69 Å². The predicted molar refractivity (Wildman–Crippen MR) is 79.7 cm³/mol. The van der Waals surface area contributed by atoms with E-state index in [0.717, 1.165) is 15.6 Å². The third-order valence-electron chi connectivity index (χ3n) is 2.84. The van der Waals surface area contributed by atoms with Crippen molar-refractivity contribution in [1.29, 1.82) is 0 Å². The van der Waals surface area contributed by atoms with Crippen LogP contribution in [0.2, 0.25) is 0 Å². The monoisotopic (exact) mass is 319 g/mol. The Morgan fingerprint density at radius 2 is 1.89 bits per heavy atom. The topological polar surface area (TPSA) is 49.3 Å². The van der Waals surface area contributed by atoms with E-state index in [4.69, 9.17) is 0 Å². The fraction of sp³-hybridized carbons (Fsp3) is 0.133. The summed E-state index contributed by atoms with van der Waals surface area (Å²) < 4.78 is 0.831. The summed E-state index contributed by atoms with van der Waals surface area (Å²) in [7, 11) is 0. The number of aromatic hydroxyl groups is 1.